The van der Waals surface area contributed by atoms with E-state index in [9.17, 15) is 4.79 Å². The zero-order valence-electron chi connectivity index (χ0n) is 13.4. The molecule has 0 spiro atoms. The van der Waals surface area contributed by atoms with Gasteiger partial charge in [-0.2, -0.15) is 0 Å². The summed E-state index contributed by atoms with van der Waals surface area (Å²) in [5.74, 6) is 0. The first kappa shape index (κ1) is 17.3. The van der Waals surface area contributed by atoms with E-state index in [1.54, 1.807) is 0 Å². The van der Waals surface area contributed by atoms with Crippen molar-refractivity contribution in [2.75, 3.05) is 18.4 Å². The van der Waals surface area contributed by atoms with Gasteiger partial charge in [0, 0.05) is 24.8 Å². The lowest BCUT2D eigenvalue weighted by atomic mass is 10.1. The van der Waals surface area contributed by atoms with Gasteiger partial charge >= 0.3 is 6.09 Å². The smallest absolute Gasteiger partial charge is 0.407 e. The Morgan fingerprint density at radius 2 is 2.10 bits per heavy atom. The molecular formula is C16H27N3O2. The van der Waals surface area contributed by atoms with Crippen molar-refractivity contribution in [2.24, 2.45) is 5.73 Å². The number of hydrogen-bond acceptors (Lipinski definition) is 4. The molecule has 0 radical (unpaired) electrons. The lowest BCUT2D eigenvalue weighted by Gasteiger charge is -2.21. The van der Waals surface area contributed by atoms with Crippen molar-refractivity contribution in [1.29, 1.82) is 0 Å². The molecule has 1 aromatic carbocycles. The van der Waals surface area contributed by atoms with Crippen LogP contribution in [0.5, 0.6) is 0 Å². The fraction of sp³-hybridized carbons (Fsp3) is 0.562. The number of alkyl carbamates (subject to hydrolysis) is 1. The topological polar surface area (TPSA) is 76.4 Å². The molecule has 1 aromatic rings. The summed E-state index contributed by atoms with van der Waals surface area (Å²) in [5, 5.41) is 6.12. The highest BCUT2D eigenvalue weighted by atomic mass is 16.6. The van der Waals surface area contributed by atoms with Crippen LogP contribution in [0.25, 0.3) is 0 Å². The monoisotopic (exact) mass is 293 g/mol. The van der Waals surface area contributed by atoms with E-state index in [-0.39, 0.29) is 6.04 Å². The van der Waals surface area contributed by atoms with Crippen LogP contribution in [0.2, 0.25) is 0 Å². The van der Waals surface area contributed by atoms with Crippen molar-refractivity contribution in [3.05, 3.63) is 29.8 Å². The number of nitrogens with two attached hydrogens (primary N) is 1. The number of ether oxygens (including phenoxy) is 1. The van der Waals surface area contributed by atoms with Crippen LogP contribution in [0.1, 0.15) is 32.8 Å². The summed E-state index contributed by atoms with van der Waals surface area (Å²) in [7, 11) is 0. The zero-order chi connectivity index (χ0) is 15.9. The Hall–Kier alpha value is -1.75. The third kappa shape index (κ3) is 7.56. The zero-order valence-corrected chi connectivity index (χ0v) is 13.4. The quantitative estimate of drug-likeness (QED) is 0.753. The van der Waals surface area contributed by atoms with Gasteiger partial charge in [-0.3, -0.25) is 0 Å². The number of rotatable bonds is 6. The fourth-order valence-corrected chi connectivity index (χ4v) is 1.88. The minimum atomic E-state index is -0.475. The molecule has 118 valence electrons. The predicted molar refractivity (Wildman–Crippen MR) is 86.5 cm³/mol. The van der Waals surface area contributed by atoms with Crippen LogP contribution in [0.15, 0.2) is 24.3 Å². The van der Waals surface area contributed by atoms with E-state index in [2.05, 4.69) is 16.7 Å². The Bertz CT molecular complexity index is 455. The van der Waals surface area contributed by atoms with Gasteiger partial charge in [0.1, 0.15) is 5.60 Å². The number of benzene rings is 1. The van der Waals surface area contributed by atoms with E-state index in [1.165, 1.54) is 5.56 Å². The maximum Gasteiger partial charge on any atom is 0.407 e. The number of anilines is 1. The standard InChI is InChI=1S/C16H27N3O2/c1-12-6-5-7-13(10-12)19-14(11-17)8-9-18-15(20)21-16(2,3)4/h5-7,10,14,19H,8-9,11,17H2,1-4H3,(H,18,20). The number of carbonyl (C=O) groups is 1. The Balaban J connectivity index is 2.36. The first-order chi connectivity index (χ1) is 9.80. The van der Waals surface area contributed by atoms with E-state index in [4.69, 9.17) is 10.5 Å². The predicted octanol–water partition coefficient (Wildman–Crippen LogP) is 2.65. The molecule has 0 heterocycles. The van der Waals surface area contributed by atoms with E-state index < -0.39 is 11.7 Å². The molecule has 1 rings (SSSR count). The average Bonchev–Trinajstić information content (AvgIpc) is 2.35. The second-order valence-corrected chi connectivity index (χ2v) is 6.16. The van der Waals surface area contributed by atoms with Crippen molar-refractivity contribution in [2.45, 2.75) is 45.8 Å². The normalized spacial score (nSPS) is 12.6. The van der Waals surface area contributed by atoms with Gasteiger partial charge in [-0.05, 0) is 51.8 Å². The lowest BCUT2D eigenvalue weighted by Crippen LogP contribution is -2.37. The van der Waals surface area contributed by atoms with Gasteiger partial charge < -0.3 is 21.1 Å². The van der Waals surface area contributed by atoms with Crippen molar-refractivity contribution in [1.82, 2.24) is 5.32 Å². The number of amides is 1. The van der Waals surface area contributed by atoms with Gasteiger partial charge in [-0.1, -0.05) is 12.1 Å². The largest absolute Gasteiger partial charge is 0.444 e. The number of nitrogens with one attached hydrogen (secondary N) is 2. The molecule has 0 bridgehead atoms. The molecule has 0 fully saturated rings. The molecule has 0 saturated heterocycles. The highest BCUT2D eigenvalue weighted by molar-refractivity contribution is 5.67. The van der Waals surface area contributed by atoms with Gasteiger partial charge in [-0.25, -0.2) is 4.79 Å². The molecule has 1 amide bonds. The highest BCUT2D eigenvalue weighted by Gasteiger charge is 2.16. The molecule has 4 N–H and O–H groups in total. The Morgan fingerprint density at radius 1 is 1.38 bits per heavy atom. The van der Waals surface area contributed by atoms with E-state index >= 15 is 0 Å². The van der Waals surface area contributed by atoms with E-state index in [0.717, 1.165) is 12.1 Å². The summed E-state index contributed by atoms with van der Waals surface area (Å²) in [4.78, 5) is 11.5. The highest BCUT2D eigenvalue weighted by Crippen LogP contribution is 2.11. The maximum atomic E-state index is 11.5. The molecular weight excluding hydrogens is 266 g/mol. The van der Waals surface area contributed by atoms with Gasteiger partial charge in [0.15, 0.2) is 0 Å². The van der Waals surface area contributed by atoms with E-state index in [1.807, 2.05) is 45.9 Å². The first-order valence-electron chi connectivity index (χ1n) is 7.30. The molecule has 1 atom stereocenters. The summed E-state index contributed by atoms with van der Waals surface area (Å²) >= 11 is 0. The van der Waals surface area contributed by atoms with Gasteiger partial charge in [0.25, 0.3) is 0 Å². The van der Waals surface area contributed by atoms with Crippen LogP contribution in [0, 0.1) is 6.92 Å². The van der Waals surface area contributed by atoms with Crippen molar-refractivity contribution < 1.29 is 9.53 Å². The second-order valence-electron chi connectivity index (χ2n) is 6.16. The fourth-order valence-electron chi connectivity index (χ4n) is 1.88. The SMILES string of the molecule is Cc1cccc(NC(CN)CCNC(=O)OC(C)(C)C)c1. The lowest BCUT2D eigenvalue weighted by molar-refractivity contribution is 0.0527. The van der Waals surface area contributed by atoms with Gasteiger partial charge in [-0.15, -0.1) is 0 Å². The number of aryl methyl sites for hydroxylation is 1. The third-order valence-electron chi connectivity index (χ3n) is 2.83. The molecule has 21 heavy (non-hydrogen) atoms. The minimum Gasteiger partial charge on any atom is -0.444 e. The van der Waals surface area contributed by atoms with Crippen molar-refractivity contribution >= 4 is 11.8 Å². The summed E-state index contributed by atoms with van der Waals surface area (Å²) in [5.41, 5.74) is 7.54. The first-order valence-corrected chi connectivity index (χ1v) is 7.30. The van der Waals surface area contributed by atoms with Crippen LogP contribution in [0.3, 0.4) is 0 Å². The molecule has 1 unspecified atom stereocenters. The van der Waals surface area contributed by atoms with Gasteiger partial charge in [0.2, 0.25) is 0 Å². The third-order valence-corrected chi connectivity index (χ3v) is 2.83. The van der Waals surface area contributed by atoms with Crippen LogP contribution in [0.4, 0.5) is 10.5 Å². The minimum absolute atomic E-state index is 0.113. The number of hydrogen-bond donors (Lipinski definition) is 3. The summed E-state index contributed by atoms with van der Waals surface area (Å²) in [6, 6.07) is 8.25. The molecule has 5 heteroatoms. The molecule has 0 aliphatic rings. The van der Waals surface area contributed by atoms with E-state index in [0.29, 0.717) is 13.1 Å². The van der Waals surface area contributed by atoms with Gasteiger partial charge in [0.05, 0.1) is 0 Å². The van der Waals surface area contributed by atoms with Crippen LogP contribution in [-0.2, 0) is 4.74 Å². The summed E-state index contributed by atoms with van der Waals surface area (Å²) in [6.07, 6.45) is 0.345. The summed E-state index contributed by atoms with van der Waals surface area (Å²) < 4.78 is 5.19. The second kappa shape index (κ2) is 7.88. The Morgan fingerprint density at radius 3 is 2.67 bits per heavy atom. The van der Waals surface area contributed by atoms with Crippen LogP contribution < -0.4 is 16.4 Å². The molecule has 0 aromatic heterocycles. The maximum absolute atomic E-state index is 11.5. The molecule has 0 aliphatic heterocycles. The van der Waals surface area contributed by atoms with Crippen LogP contribution >= 0.6 is 0 Å². The van der Waals surface area contributed by atoms with Crippen molar-refractivity contribution in [3.8, 4) is 0 Å². The Kier molecular flexibility index (Phi) is 6.49. The Labute approximate surface area is 127 Å². The number of carbonyl (C=O) groups excluding carboxylic acids is 1. The molecule has 0 saturated carbocycles. The van der Waals surface area contributed by atoms with Crippen molar-refractivity contribution in [3.63, 3.8) is 0 Å². The molecule has 5 nitrogen and oxygen atoms in total. The van der Waals surface area contributed by atoms with Crippen LogP contribution in [-0.4, -0.2) is 30.8 Å². The molecule has 0 aliphatic carbocycles. The summed E-state index contributed by atoms with van der Waals surface area (Å²) in [6.45, 7) is 8.60. The average molecular weight is 293 g/mol.